The van der Waals surface area contributed by atoms with Crippen LogP contribution in [0.15, 0.2) is 59.0 Å². The van der Waals surface area contributed by atoms with Gasteiger partial charge in [-0.15, -0.1) is 0 Å². The number of hydrogen-bond donors (Lipinski definition) is 2. The van der Waals surface area contributed by atoms with Crippen molar-refractivity contribution in [1.29, 1.82) is 0 Å². The van der Waals surface area contributed by atoms with Crippen LogP contribution < -0.4 is 10.6 Å². The lowest BCUT2D eigenvalue weighted by atomic mass is 10.1. The molecule has 2 aromatic rings. The third kappa shape index (κ3) is 6.43. The first-order valence-corrected chi connectivity index (χ1v) is 12.7. The molecule has 1 atom stereocenters. The number of amides is 2. The summed E-state index contributed by atoms with van der Waals surface area (Å²) in [6.45, 7) is 5.87. The number of benzene rings is 1. The molecule has 2 heterocycles. The van der Waals surface area contributed by atoms with E-state index >= 15 is 0 Å². The number of rotatable bonds is 9. The van der Waals surface area contributed by atoms with Crippen LogP contribution in [0.2, 0.25) is 0 Å². The molecule has 13 heteroatoms. The van der Waals surface area contributed by atoms with Crippen LogP contribution in [-0.4, -0.2) is 60.7 Å². The maximum atomic E-state index is 13.1. The second kappa shape index (κ2) is 10.8. The predicted molar refractivity (Wildman–Crippen MR) is 129 cm³/mol. The van der Waals surface area contributed by atoms with Crippen molar-refractivity contribution in [2.24, 2.45) is 5.16 Å². The fourth-order valence-electron chi connectivity index (χ4n) is 3.24. The summed E-state index contributed by atoms with van der Waals surface area (Å²) in [5, 5.41) is 8.64. The van der Waals surface area contributed by atoms with Gasteiger partial charge in [-0.2, -0.15) is 0 Å². The Morgan fingerprint density at radius 2 is 1.75 bits per heavy atom. The predicted octanol–water partition coefficient (Wildman–Crippen LogP) is 2.64. The van der Waals surface area contributed by atoms with Gasteiger partial charge in [0.1, 0.15) is 0 Å². The molecule has 1 saturated heterocycles. The summed E-state index contributed by atoms with van der Waals surface area (Å²) >= 11 is 0. The molecule has 36 heavy (non-hydrogen) atoms. The molecule has 1 saturated carbocycles. The molecule has 190 valence electrons. The van der Waals surface area contributed by atoms with Crippen LogP contribution in [0.3, 0.4) is 0 Å². The number of nitrogens with one attached hydrogen (secondary N) is 2. The Labute approximate surface area is 207 Å². The number of ether oxygens (including phenoxy) is 2. The van der Waals surface area contributed by atoms with Gasteiger partial charge in [-0.25, -0.2) is 23.2 Å². The maximum Gasteiger partial charge on any atom is 0.417 e. The molecule has 4 rings (SSSR count). The molecule has 12 nitrogen and oxygen atoms in total. The third-order valence-corrected chi connectivity index (χ3v) is 7.48. The second-order valence-electron chi connectivity index (χ2n) is 8.26. The lowest BCUT2D eigenvalue weighted by Crippen LogP contribution is -2.26. The number of anilines is 2. The minimum atomic E-state index is -3.37. The summed E-state index contributed by atoms with van der Waals surface area (Å²) in [7, 11) is -3.37. The fourth-order valence-corrected chi connectivity index (χ4v) is 4.90. The van der Waals surface area contributed by atoms with Gasteiger partial charge in [0.05, 0.1) is 41.5 Å². The number of allylic oxidation sites excluding steroid dienone is 1. The highest BCUT2D eigenvalue weighted by molar-refractivity contribution is 7.92. The Morgan fingerprint density at radius 3 is 2.31 bits per heavy atom. The SMILES string of the molecule is C=C(C)OC(=O)Nc1cnc(NC(=O)/C(=N/O[C@@H]2CCOC2)c2ccc(S(=O)(=O)C3CC3)cc2)cn1. The van der Waals surface area contributed by atoms with E-state index < -0.39 is 21.8 Å². The smallest absolute Gasteiger partial charge is 0.416 e. The molecule has 1 aromatic carbocycles. The van der Waals surface area contributed by atoms with Gasteiger partial charge in [0.15, 0.2) is 33.3 Å². The van der Waals surface area contributed by atoms with E-state index in [1.54, 1.807) is 0 Å². The Bertz CT molecular complexity index is 1270. The first-order valence-electron chi connectivity index (χ1n) is 11.2. The number of carbonyl (C=O) groups is 2. The van der Waals surface area contributed by atoms with E-state index in [9.17, 15) is 18.0 Å². The highest BCUT2D eigenvalue weighted by atomic mass is 32.2. The van der Waals surface area contributed by atoms with Crippen molar-refractivity contribution in [1.82, 2.24) is 9.97 Å². The highest BCUT2D eigenvalue weighted by Gasteiger charge is 2.36. The van der Waals surface area contributed by atoms with Gasteiger partial charge in [0.2, 0.25) is 0 Å². The summed E-state index contributed by atoms with van der Waals surface area (Å²) in [4.78, 5) is 38.4. The molecule has 1 aliphatic carbocycles. The molecule has 0 bridgehead atoms. The van der Waals surface area contributed by atoms with E-state index in [0.29, 0.717) is 38.0 Å². The topological polar surface area (TPSA) is 158 Å². The zero-order valence-electron chi connectivity index (χ0n) is 19.5. The average molecular weight is 516 g/mol. The molecule has 2 fully saturated rings. The van der Waals surface area contributed by atoms with Crippen LogP contribution in [0.1, 0.15) is 31.7 Å². The van der Waals surface area contributed by atoms with Crippen molar-refractivity contribution in [3.63, 3.8) is 0 Å². The van der Waals surface area contributed by atoms with Crippen LogP contribution in [0.25, 0.3) is 0 Å². The second-order valence-corrected chi connectivity index (χ2v) is 10.5. The number of aromatic nitrogens is 2. The molecule has 0 unspecified atom stereocenters. The highest BCUT2D eigenvalue weighted by Crippen LogP contribution is 2.33. The van der Waals surface area contributed by atoms with Crippen molar-refractivity contribution < 1.29 is 32.3 Å². The zero-order valence-corrected chi connectivity index (χ0v) is 20.3. The largest absolute Gasteiger partial charge is 0.417 e. The maximum absolute atomic E-state index is 13.1. The van der Waals surface area contributed by atoms with Crippen LogP contribution in [0.5, 0.6) is 0 Å². The van der Waals surface area contributed by atoms with E-state index in [0.717, 1.165) is 0 Å². The molecule has 2 amide bonds. The van der Waals surface area contributed by atoms with Gasteiger partial charge in [0.25, 0.3) is 5.91 Å². The summed E-state index contributed by atoms with van der Waals surface area (Å²) in [5.74, 6) is -0.252. The van der Waals surface area contributed by atoms with E-state index in [4.69, 9.17) is 14.3 Å². The standard InChI is InChI=1S/C23H25N5O7S/c1-14(2)34-23(30)27-20-12-24-19(11-25-20)26-22(29)21(28-35-16-9-10-33-13-16)15-3-5-17(6-4-15)36(31,32)18-7-8-18/h3-6,11-12,16,18H,1,7-10,13H2,2H3,(H,24,26,29)(H,25,27,30)/b28-21+/t16-/m1/s1. The van der Waals surface area contributed by atoms with Crippen molar-refractivity contribution in [3.05, 3.63) is 54.6 Å². The average Bonchev–Trinajstić information content (AvgIpc) is 3.58. The molecule has 1 aliphatic heterocycles. The normalized spacial score (nSPS) is 17.8. The number of carbonyl (C=O) groups excluding carboxylic acids is 2. The number of hydrogen-bond acceptors (Lipinski definition) is 10. The monoisotopic (exact) mass is 515 g/mol. The van der Waals surface area contributed by atoms with E-state index in [2.05, 4.69) is 32.3 Å². The molecular formula is C23H25N5O7S. The van der Waals surface area contributed by atoms with Crippen LogP contribution in [-0.2, 0) is 28.9 Å². The van der Waals surface area contributed by atoms with E-state index in [1.165, 1.54) is 43.6 Å². The first-order chi connectivity index (χ1) is 17.2. The first kappa shape index (κ1) is 25.3. The summed E-state index contributed by atoms with van der Waals surface area (Å²) in [6, 6.07) is 5.92. The van der Waals surface area contributed by atoms with Crippen LogP contribution >= 0.6 is 0 Å². The molecule has 2 N–H and O–H groups in total. The number of sulfone groups is 1. The van der Waals surface area contributed by atoms with E-state index in [1.807, 2.05) is 0 Å². The molecule has 1 aromatic heterocycles. The van der Waals surface area contributed by atoms with Crippen LogP contribution in [0, 0.1) is 0 Å². The lowest BCUT2D eigenvalue weighted by Gasteiger charge is -2.11. The van der Waals surface area contributed by atoms with E-state index in [-0.39, 0.29) is 39.4 Å². The quantitative estimate of drug-likeness (QED) is 0.291. The Hall–Kier alpha value is -3.84. The molecule has 0 spiro atoms. The lowest BCUT2D eigenvalue weighted by molar-refractivity contribution is -0.110. The Balaban J connectivity index is 1.49. The minimum absolute atomic E-state index is 0.0775. The van der Waals surface area contributed by atoms with Gasteiger partial charge in [0, 0.05) is 12.0 Å². The Kier molecular flexibility index (Phi) is 7.60. The zero-order chi connectivity index (χ0) is 25.7. The molecule has 0 radical (unpaired) electrons. The third-order valence-electron chi connectivity index (χ3n) is 5.21. The van der Waals surface area contributed by atoms with Crippen LogP contribution in [0.4, 0.5) is 16.4 Å². The molecule has 2 aliphatic rings. The minimum Gasteiger partial charge on any atom is -0.416 e. The van der Waals surface area contributed by atoms with Gasteiger partial charge in [-0.1, -0.05) is 23.9 Å². The van der Waals surface area contributed by atoms with Crippen molar-refractivity contribution in [2.75, 3.05) is 23.8 Å². The number of oxime groups is 1. The fraction of sp³-hybridized carbons (Fsp3) is 0.348. The summed E-state index contributed by atoms with van der Waals surface area (Å²) < 4.78 is 35.0. The van der Waals surface area contributed by atoms with Gasteiger partial charge in [-0.05, 0) is 31.9 Å². The van der Waals surface area contributed by atoms with Gasteiger partial charge in [-0.3, -0.25) is 10.1 Å². The van der Waals surface area contributed by atoms with Gasteiger partial charge >= 0.3 is 6.09 Å². The van der Waals surface area contributed by atoms with Crippen molar-refractivity contribution >= 4 is 39.2 Å². The Morgan fingerprint density at radius 1 is 1.08 bits per heavy atom. The summed E-state index contributed by atoms with van der Waals surface area (Å²) in [6.07, 6.45) is 3.33. The number of nitrogens with zero attached hydrogens (tertiary/aromatic N) is 3. The van der Waals surface area contributed by atoms with Crippen molar-refractivity contribution in [3.8, 4) is 0 Å². The van der Waals surface area contributed by atoms with Gasteiger partial charge < -0.3 is 19.6 Å². The summed E-state index contributed by atoms with van der Waals surface area (Å²) in [5.41, 5.74) is 0.279. The van der Waals surface area contributed by atoms with Crippen molar-refractivity contribution in [2.45, 2.75) is 42.4 Å². The molecular weight excluding hydrogens is 490 g/mol.